The Hall–Kier alpha value is -2.24. The third-order valence-electron chi connectivity index (χ3n) is 2.91. The van der Waals surface area contributed by atoms with Gasteiger partial charge in [0.2, 0.25) is 5.91 Å². The molecule has 116 valence electrons. The zero-order valence-electron chi connectivity index (χ0n) is 12.6. The SMILES string of the molecule is CCOc1cc(N(CCC(=O)O)C(=O)CC)ccc1OC. The third-order valence-corrected chi connectivity index (χ3v) is 2.91. The van der Waals surface area contributed by atoms with Gasteiger partial charge in [-0.3, -0.25) is 9.59 Å². The molecule has 1 amide bonds. The number of ether oxygens (including phenoxy) is 2. The number of nitrogens with zero attached hydrogens (tertiary/aromatic N) is 1. The Bertz CT molecular complexity index is 501. The molecule has 0 fully saturated rings. The molecule has 0 spiro atoms. The summed E-state index contributed by atoms with van der Waals surface area (Å²) >= 11 is 0. The summed E-state index contributed by atoms with van der Waals surface area (Å²) in [7, 11) is 1.54. The molecule has 21 heavy (non-hydrogen) atoms. The summed E-state index contributed by atoms with van der Waals surface area (Å²) in [6.07, 6.45) is 0.192. The quantitative estimate of drug-likeness (QED) is 0.796. The summed E-state index contributed by atoms with van der Waals surface area (Å²) in [5.41, 5.74) is 0.604. The van der Waals surface area contributed by atoms with Crippen molar-refractivity contribution in [3.05, 3.63) is 18.2 Å². The molecular weight excluding hydrogens is 274 g/mol. The first-order valence-corrected chi connectivity index (χ1v) is 6.86. The number of anilines is 1. The average molecular weight is 295 g/mol. The van der Waals surface area contributed by atoms with Gasteiger partial charge in [-0.1, -0.05) is 6.92 Å². The number of aliphatic carboxylic acids is 1. The van der Waals surface area contributed by atoms with Crippen LogP contribution in [-0.4, -0.2) is 37.2 Å². The molecule has 1 N–H and O–H groups in total. The zero-order chi connectivity index (χ0) is 15.8. The fourth-order valence-corrected chi connectivity index (χ4v) is 1.90. The molecule has 0 radical (unpaired) electrons. The number of carbonyl (C=O) groups excluding carboxylic acids is 1. The second-order valence-electron chi connectivity index (χ2n) is 4.31. The van der Waals surface area contributed by atoms with Crippen molar-refractivity contribution in [2.24, 2.45) is 0 Å². The lowest BCUT2D eigenvalue weighted by Crippen LogP contribution is -2.32. The van der Waals surface area contributed by atoms with Gasteiger partial charge in [0.25, 0.3) is 0 Å². The topological polar surface area (TPSA) is 76.1 Å². The fraction of sp³-hybridized carbons (Fsp3) is 0.467. The minimum atomic E-state index is -0.942. The van der Waals surface area contributed by atoms with E-state index in [1.54, 1.807) is 25.1 Å². The Kier molecular flexibility index (Phi) is 6.52. The van der Waals surface area contributed by atoms with Crippen LogP contribution in [0.5, 0.6) is 11.5 Å². The number of hydrogen-bond acceptors (Lipinski definition) is 4. The standard InChI is InChI=1S/C15H21NO5/c1-4-14(17)16(9-8-15(18)19)11-6-7-12(20-3)13(10-11)21-5-2/h6-7,10H,4-5,8-9H2,1-3H3,(H,18,19). The molecule has 6 nitrogen and oxygen atoms in total. The van der Waals surface area contributed by atoms with E-state index in [1.165, 1.54) is 12.0 Å². The number of benzene rings is 1. The largest absolute Gasteiger partial charge is 0.493 e. The Balaban J connectivity index is 3.08. The Morgan fingerprint density at radius 3 is 2.48 bits per heavy atom. The number of amides is 1. The number of methoxy groups -OCH3 is 1. The molecule has 0 aliphatic rings. The van der Waals surface area contributed by atoms with Crippen molar-refractivity contribution < 1.29 is 24.2 Å². The molecule has 0 atom stereocenters. The van der Waals surface area contributed by atoms with Crippen LogP contribution in [0.15, 0.2) is 18.2 Å². The Labute approximate surface area is 124 Å². The van der Waals surface area contributed by atoms with Crippen molar-refractivity contribution in [3.63, 3.8) is 0 Å². The van der Waals surface area contributed by atoms with E-state index in [9.17, 15) is 9.59 Å². The minimum absolute atomic E-state index is 0.109. The molecule has 0 aliphatic heterocycles. The van der Waals surface area contributed by atoms with Gasteiger partial charge >= 0.3 is 5.97 Å². The first kappa shape index (κ1) is 16.8. The van der Waals surface area contributed by atoms with Crippen molar-refractivity contribution in [2.75, 3.05) is 25.2 Å². The van der Waals surface area contributed by atoms with Gasteiger partial charge in [-0.2, -0.15) is 0 Å². The summed E-state index contributed by atoms with van der Waals surface area (Å²) in [5.74, 6) is 0.0239. The molecule has 0 saturated carbocycles. The first-order valence-electron chi connectivity index (χ1n) is 6.86. The highest BCUT2D eigenvalue weighted by molar-refractivity contribution is 5.94. The normalized spacial score (nSPS) is 10.0. The molecule has 0 aromatic heterocycles. The van der Waals surface area contributed by atoms with Crippen molar-refractivity contribution in [3.8, 4) is 11.5 Å². The maximum atomic E-state index is 12.0. The van der Waals surface area contributed by atoms with Crippen molar-refractivity contribution in [1.29, 1.82) is 0 Å². The fourth-order valence-electron chi connectivity index (χ4n) is 1.90. The van der Waals surface area contributed by atoms with Crippen LogP contribution in [0.1, 0.15) is 26.7 Å². The van der Waals surface area contributed by atoms with E-state index in [2.05, 4.69) is 0 Å². The van der Waals surface area contributed by atoms with Gasteiger partial charge < -0.3 is 19.5 Å². The van der Waals surface area contributed by atoms with E-state index < -0.39 is 5.97 Å². The maximum absolute atomic E-state index is 12.0. The van der Waals surface area contributed by atoms with Crippen molar-refractivity contribution in [1.82, 2.24) is 0 Å². The van der Waals surface area contributed by atoms with Crippen molar-refractivity contribution >= 4 is 17.6 Å². The molecule has 1 rings (SSSR count). The molecule has 0 heterocycles. The monoisotopic (exact) mass is 295 g/mol. The van der Waals surface area contributed by atoms with E-state index >= 15 is 0 Å². The number of rotatable bonds is 8. The van der Waals surface area contributed by atoms with Crippen LogP contribution in [0.4, 0.5) is 5.69 Å². The lowest BCUT2D eigenvalue weighted by molar-refractivity contribution is -0.136. The van der Waals surface area contributed by atoms with Crippen LogP contribution >= 0.6 is 0 Å². The highest BCUT2D eigenvalue weighted by Gasteiger charge is 2.17. The van der Waals surface area contributed by atoms with E-state index in [1.807, 2.05) is 6.92 Å². The van der Waals surface area contributed by atoms with Gasteiger partial charge in [0.15, 0.2) is 11.5 Å². The predicted octanol–water partition coefficient (Wildman–Crippen LogP) is 2.31. The van der Waals surface area contributed by atoms with Crippen LogP contribution < -0.4 is 14.4 Å². The van der Waals surface area contributed by atoms with Crippen LogP contribution in [0.3, 0.4) is 0 Å². The van der Waals surface area contributed by atoms with Gasteiger partial charge in [-0.25, -0.2) is 0 Å². The Morgan fingerprint density at radius 1 is 1.24 bits per heavy atom. The lowest BCUT2D eigenvalue weighted by atomic mass is 10.2. The number of carboxylic acid groups (broad SMARTS) is 1. The first-order chi connectivity index (χ1) is 10.0. The van der Waals surface area contributed by atoms with Gasteiger partial charge in [-0.05, 0) is 19.1 Å². The molecule has 6 heteroatoms. The van der Waals surface area contributed by atoms with Crippen LogP contribution in [0.25, 0.3) is 0 Å². The molecule has 1 aromatic rings. The molecular formula is C15H21NO5. The van der Waals surface area contributed by atoms with Gasteiger partial charge in [0, 0.05) is 24.7 Å². The number of hydrogen-bond donors (Lipinski definition) is 1. The third kappa shape index (κ3) is 4.66. The van der Waals surface area contributed by atoms with Crippen LogP contribution in [0, 0.1) is 0 Å². The van der Waals surface area contributed by atoms with Crippen LogP contribution in [0.2, 0.25) is 0 Å². The van der Waals surface area contributed by atoms with Gasteiger partial charge in [0.05, 0.1) is 20.1 Å². The Morgan fingerprint density at radius 2 is 1.95 bits per heavy atom. The molecule has 0 aliphatic carbocycles. The van der Waals surface area contributed by atoms with E-state index in [0.29, 0.717) is 30.2 Å². The maximum Gasteiger partial charge on any atom is 0.305 e. The van der Waals surface area contributed by atoms with Crippen LogP contribution in [-0.2, 0) is 9.59 Å². The number of carboxylic acids is 1. The summed E-state index contributed by atoms with van der Waals surface area (Å²) in [6.45, 7) is 4.19. The number of carbonyl (C=O) groups is 2. The smallest absolute Gasteiger partial charge is 0.305 e. The second-order valence-corrected chi connectivity index (χ2v) is 4.31. The molecule has 0 saturated heterocycles. The highest BCUT2D eigenvalue weighted by Crippen LogP contribution is 2.32. The van der Waals surface area contributed by atoms with Gasteiger partial charge in [0.1, 0.15) is 0 Å². The summed E-state index contributed by atoms with van der Waals surface area (Å²) in [4.78, 5) is 24.2. The molecule has 1 aromatic carbocycles. The second kappa shape index (κ2) is 8.14. The highest BCUT2D eigenvalue weighted by atomic mass is 16.5. The predicted molar refractivity (Wildman–Crippen MR) is 79.1 cm³/mol. The molecule has 0 unspecified atom stereocenters. The van der Waals surface area contributed by atoms with E-state index in [0.717, 1.165) is 0 Å². The summed E-state index contributed by atoms with van der Waals surface area (Å²) < 4.78 is 10.7. The van der Waals surface area contributed by atoms with Crippen molar-refractivity contribution in [2.45, 2.75) is 26.7 Å². The van der Waals surface area contributed by atoms with Gasteiger partial charge in [-0.15, -0.1) is 0 Å². The summed E-state index contributed by atoms with van der Waals surface area (Å²) in [6, 6.07) is 5.12. The lowest BCUT2D eigenvalue weighted by Gasteiger charge is -2.23. The molecule has 0 bridgehead atoms. The minimum Gasteiger partial charge on any atom is -0.493 e. The zero-order valence-corrected chi connectivity index (χ0v) is 12.6. The van der Waals surface area contributed by atoms with E-state index in [4.69, 9.17) is 14.6 Å². The summed E-state index contributed by atoms with van der Waals surface area (Å²) in [5, 5.41) is 8.80. The van der Waals surface area contributed by atoms with E-state index in [-0.39, 0.29) is 18.9 Å². The average Bonchev–Trinajstić information content (AvgIpc) is 2.47.